The van der Waals surface area contributed by atoms with Crippen LogP contribution >= 0.6 is 11.8 Å². The van der Waals surface area contributed by atoms with Gasteiger partial charge < -0.3 is 15.0 Å². The van der Waals surface area contributed by atoms with Crippen LogP contribution in [0.25, 0.3) is 0 Å². The Labute approximate surface area is 137 Å². The predicted octanol–water partition coefficient (Wildman–Crippen LogP) is 1.62. The van der Waals surface area contributed by atoms with Crippen molar-refractivity contribution >= 4 is 17.7 Å². The second-order valence-corrected chi connectivity index (χ2v) is 6.18. The number of hydrogen-bond acceptors (Lipinski definition) is 4. The second kappa shape index (κ2) is 7.91. The summed E-state index contributed by atoms with van der Waals surface area (Å²) >= 11 is -0.0389. The highest BCUT2D eigenvalue weighted by Gasteiger charge is 2.28. The zero-order valence-corrected chi connectivity index (χ0v) is 13.8. The summed E-state index contributed by atoms with van der Waals surface area (Å²) in [6, 6.07) is 0. The smallest absolute Gasteiger partial charge is 0.370 e. The number of aryl methyl sites for hydroxylation is 1. The molecular formula is C13H20F3N5OS. The standard InChI is InChI=1S/C13H20F3N5OS/c1-17-12(18-3-6-23-13(14,15)16)21-4-5-22-11(9-21)10-7-19-20(2)8-10/h7-8,11H,3-6,9H2,1-2H3,(H,17,18). The molecule has 1 aliphatic rings. The van der Waals surface area contributed by atoms with Crippen molar-refractivity contribution in [1.82, 2.24) is 20.0 Å². The van der Waals surface area contributed by atoms with Crippen LogP contribution in [0.3, 0.4) is 0 Å². The fourth-order valence-electron chi connectivity index (χ4n) is 2.31. The van der Waals surface area contributed by atoms with Gasteiger partial charge in [-0.05, 0) is 11.8 Å². The first-order valence-electron chi connectivity index (χ1n) is 7.15. The molecule has 10 heteroatoms. The Bertz CT molecular complexity index is 534. The average Bonchev–Trinajstić information content (AvgIpc) is 2.93. The van der Waals surface area contributed by atoms with Gasteiger partial charge >= 0.3 is 5.51 Å². The van der Waals surface area contributed by atoms with Crippen LogP contribution in [0.15, 0.2) is 17.4 Å². The van der Waals surface area contributed by atoms with Gasteiger partial charge in [-0.25, -0.2) is 0 Å². The number of guanidine groups is 1. The van der Waals surface area contributed by atoms with Crippen molar-refractivity contribution in [3.05, 3.63) is 18.0 Å². The van der Waals surface area contributed by atoms with Crippen LogP contribution in [-0.2, 0) is 11.8 Å². The lowest BCUT2D eigenvalue weighted by Crippen LogP contribution is -2.48. The molecule has 23 heavy (non-hydrogen) atoms. The van der Waals surface area contributed by atoms with Crippen LogP contribution in [0.4, 0.5) is 13.2 Å². The van der Waals surface area contributed by atoms with Gasteiger partial charge in [0.05, 0.1) is 19.3 Å². The summed E-state index contributed by atoms with van der Waals surface area (Å²) in [6.45, 7) is 1.95. The molecule has 1 aromatic heterocycles. The van der Waals surface area contributed by atoms with E-state index in [1.807, 2.05) is 18.1 Å². The van der Waals surface area contributed by atoms with E-state index in [0.717, 1.165) is 5.56 Å². The first-order chi connectivity index (χ1) is 10.9. The van der Waals surface area contributed by atoms with E-state index >= 15 is 0 Å². The van der Waals surface area contributed by atoms with Crippen molar-refractivity contribution in [2.75, 3.05) is 39.0 Å². The number of morpholine rings is 1. The van der Waals surface area contributed by atoms with Crippen molar-refractivity contribution in [2.24, 2.45) is 12.0 Å². The van der Waals surface area contributed by atoms with E-state index in [-0.39, 0.29) is 30.2 Å². The third-order valence-electron chi connectivity index (χ3n) is 3.33. The molecule has 1 N–H and O–H groups in total. The normalized spacial score (nSPS) is 20.0. The maximum Gasteiger partial charge on any atom is 0.441 e. The summed E-state index contributed by atoms with van der Waals surface area (Å²) in [5, 5.41) is 7.10. The highest BCUT2D eigenvalue weighted by Crippen LogP contribution is 2.29. The highest BCUT2D eigenvalue weighted by molar-refractivity contribution is 8.00. The van der Waals surface area contributed by atoms with Gasteiger partial charge in [0, 0.05) is 44.7 Å². The molecule has 130 valence electrons. The van der Waals surface area contributed by atoms with Crippen LogP contribution in [0.1, 0.15) is 11.7 Å². The van der Waals surface area contributed by atoms with Crippen molar-refractivity contribution in [3.8, 4) is 0 Å². The van der Waals surface area contributed by atoms with E-state index in [9.17, 15) is 13.2 Å². The molecule has 0 radical (unpaired) electrons. The van der Waals surface area contributed by atoms with E-state index in [2.05, 4.69) is 15.4 Å². The second-order valence-electron chi connectivity index (χ2n) is 5.02. The maximum atomic E-state index is 12.1. The summed E-state index contributed by atoms with van der Waals surface area (Å²) in [5.41, 5.74) is -3.23. The van der Waals surface area contributed by atoms with Gasteiger partial charge in [0.25, 0.3) is 0 Å². The number of nitrogens with zero attached hydrogens (tertiary/aromatic N) is 4. The molecule has 1 saturated heterocycles. The number of aliphatic imine (C=N–C) groups is 1. The van der Waals surface area contributed by atoms with E-state index in [4.69, 9.17) is 4.74 Å². The number of thioether (sulfide) groups is 1. The molecule has 1 fully saturated rings. The number of hydrogen-bond donors (Lipinski definition) is 1. The van der Waals surface area contributed by atoms with Gasteiger partial charge in [-0.1, -0.05) is 0 Å². The van der Waals surface area contributed by atoms with Gasteiger partial charge in [-0.3, -0.25) is 9.67 Å². The van der Waals surface area contributed by atoms with Crippen LogP contribution in [0, 0.1) is 0 Å². The van der Waals surface area contributed by atoms with Crippen molar-refractivity contribution in [1.29, 1.82) is 0 Å². The fraction of sp³-hybridized carbons (Fsp3) is 0.692. The van der Waals surface area contributed by atoms with Crippen LogP contribution in [0.5, 0.6) is 0 Å². The molecule has 0 aliphatic carbocycles. The number of nitrogens with one attached hydrogen (secondary N) is 1. The van der Waals surface area contributed by atoms with Gasteiger partial charge in [0.1, 0.15) is 6.10 Å². The fourth-order valence-corrected chi connectivity index (χ4v) is 2.75. The van der Waals surface area contributed by atoms with Gasteiger partial charge in [-0.2, -0.15) is 18.3 Å². The molecule has 0 saturated carbocycles. The third-order valence-corrected chi connectivity index (χ3v) is 4.06. The van der Waals surface area contributed by atoms with E-state index in [1.54, 1.807) is 17.9 Å². The van der Waals surface area contributed by atoms with Crippen molar-refractivity contribution < 1.29 is 17.9 Å². The number of halogens is 3. The molecule has 2 heterocycles. The SMILES string of the molecule is CN=C(NCCSC(F)(F)F)N1CCOC(c2cnn(C)c2)C1. The van der Waals surface area contributed by atoms with Gasteiger partial charge in [-0.15, -0.1) is 0 Å². The Morgan fingerprint density at radius 1 is 1.57 bits per heavy atom. The monoisotopic (exact) mass is 351 g/mol. The van der Waals surface area contributed by atoms with E-state index in [0.29, 0.717) is 25.7 Å². The molecular weight excluding hydrogens is 331 g/mol. The lowest BCUT2D eigenvalue weighted by molar-refractivity contribution is -0.0327. The molecule has 1 aliphatic heterocycles. The van der Waals surface area contributed by atoms with Crippen LogP contribution < -0.4 is 5.32 Å². The van der Waals surface area contributed by atoms with E-state index in [1.165, 1.54) is 0 Å². The topological polar surface area (TPSA) is 54.7 Å². The minimum absolute atomic E-state index is 0.0389. The molecule has 1 aromatic rings. The summed E-state index contributed by atoms with van der Waals surface area (Å²) in [6.07, 6.45) is 3.52. The van der Waals surface area contributed by atoms with Crippen molar-refractivity contribution in [2.45, 2.75) is 11.6 Å². The summed E-state index contributed by atoms with van der Waals surface area (Å²) < 4.78 is 43.8. The first kappa shape index (κ1) is 17.9. The maximum absolute atomic E-state index is 12.1. The molecule has 1 unspecified atom stereocenters. The van der Waals surface area contributed by atoms with Gasteiger partial charge in [0.15, 0.2) is 5.96 Å². The summed E-state index contributed by atoms with van der Waals surface area (Å²) in [7, 11) is 3.46. The van der Waals surface area contributed by atoms with Crippen LogP contribution in [0.2, 0.25) is 0 Å². The molecule has 0 aromatic carbocycles. The quantitative estimate of drug-likeness (QED) is 0.508. The van der Waals surface area contributed by atoms with Crippen LogP contribution in [-0.4, -0.2) is 65.2 Å². The minimum atomic E-state index is -4.20. The molecule has 1 atom stereocenters. The Kier molecular flexibility index (Phi) is 6.17. The molecule has 6 nitrogen and oxygen atoms in total. The lowest BCUT2D eigenvalue weighted by atomic mass is 10.1. The molecule has 2 rings (SSSR count). The Morgan fingerprint density at radius 2 is 2.35 bits per heavy atom. The number of aromatic nitrogens is 2. The van der Waals surface area contributed by atoms with Crippen molar-refractivity contribution in [3.63, 3.8) is 0 Å². The molecule has 0 spiro atoms. The van der Waals surface area contributed by atoms with Gasteiger partial charge in [0.2, 0.25) is 0 Å². The minimum Gasteiger partial charge on any atom is -0.370 e. The zero-order valence-electron chi connectivity index (χ0n) is 13.0. The third kappa shape index (κ3) is 5.61. The highest BCUT2D eigenvalue weighted by atomic mass is 32.2. The molecule has 0 bridgehead atoms. The zero-order chi connectivity index (χ0) is 16.9. The number of rotatable bonds is 4. The summed E-state index contributed by atoms with van der Waals surface area (Å²) in [5.74, 6) is 0.531. The summed E-state index contributed by atoms with van der Waals surface area (Å²) in [4.78, 5) is 6.13. The largest absolute Gasteiger partial charge is 0.441 e. The molecule has 0 amide bonds. The first-order valence-corrected chi connectivity index (χ1v) is 8.14. The predicted molar refractivity (Wildman–Crippen MR) is 83.3 cm³/mol. The Hall–Kier alpha value is -1.42. The number of ether oxygens (including phenoxy) is 1. The average molecular weight is 351 g/mol. The number of alkyl halides is 3. The Balaban J connectivity index is 1.86. The lowest BCUT2D eigenvalue weighted by Gasteiger charge is -2.34. The Morgan fingerprint density at radius 3 is 2.96 bits per heavy atom. The van der Waals surface area contributed by atoms with E-state index < -0.39 is 5.51 Å².